The predicted octanol–water partition coefficient (Wildman–Crippen LogP) is 3.19. The number of para-hydroxylation sites is 1. The van der Waals surface area contributed by atoms with E-state index in [-0.39, 0.29) is 5.82 Å². The summed E-state index contributed by atoms with van der Waals surface area (Å²) in [5.74, 6) is 0.495. The topological polar surface area (TPSA) is 24.5 Å². The van der Waals surface area contributed by atoms with Crippen molar-refractivity contribution in [3.63, 3.8) is 0 Å². The molecule has 1 heterocycles. The molecule has 118 valence electrons. The smallest absolute Gasteiger partial charge is 0.146 e. The summed E-state index contributed by atoms with van der Waals surface area (Å²) in [6, 6.07) is 5.77. The maximum absolute atomic E-state index is 14.4. The number of benzene rings is 1. The van der Waals surface area contributed by atoms with E-state index in [1.54, 1.807) is 19.2 Å². The zero-order valence-corrected chi connectivity index (χ0v) is 13.4. The zero-order valence-electron chi connectivity index (χ0n) is 13.4. The molecule has 1 fully saturated rings. The van der Waals surface area contributed by atoms with Gasteiger partial charge in [-0.1, -0.05) is 19.1 Å². The number of halogens is 1. The lowest BCUT2D eigenvalue weighted by Gasteiger charge is -2.40. The molecule has 0 bridgehead atoms. The average Bonchev–Trinajstić information content (AvgIpc) is 2.47. The summed E-state index contributed by atoms with van der Waals surface area (Å²) < 4.78 is 19.5. The van der Waals surface area contributed by atoms with Crippen molar-refractivity contribution in [1.29, 1.82) is 0 Å². The van der Waals surface area contributed by atoms with Gasteiger partial charge in [0.05, 0.1) is 12.3 Å². The Bertz CT molecular complexity index is 452. The minimum Gasteiger partial charge on any atom is -0.383 e. The minimum atomic E-state index is -0.109. The molecule has 21 heavy (non-hydrogen) atoms. The van der Waals surface area contributed by atoms with E-state index in [9.17, 15) is 4.39 Å². The number of rotatable bonds is 6. The Balaban J connectivity index is 2.16. The molecular formula is C17H27FN2O. The third kappa shape index (κ3) is 3.95. The number of nitrogens with zero attached hydrogens (tertiary/aromatic N) is 1. The Hall–Kier alpha value is -1.13. The molecule has 4 heteroatoms. The molecule has 0 radical (unpaired) electrons. The summed E-state index contributed by atoms with van der Waals surface area (Å²) in [6.07, 6.45) is 2.37. The van der Waals surface area contributed by atoms with Crippen molar-refractivity contribution in [2.75, 3.05) is 31.7 Å². The van der Waals surface area contributed by atoms with Gasteiger partial charge in [0, 0.05) is 32.8 Å². The highest BCUT2D eigenvalue weighted by molar-refractivity contribution is 5.56. The fraction of sp³-hybridized carbons (Fsp3) is 0.647. The fourth-order valence-electron chi connectivity index (χ4n) is 3.07. The van der Waals surface area contributed by atoms with Gasteiger partial charge in [0.15, 0.2) is 0 Å². The summed E-state index contributed by atoms with van der Waals surface area (Å²) in [7, 11) is 1.69. The van der Waals surface area contributed by atoms with Crippen molar-refractivity contribution in [1.82, 2.24) is 5.32 Å². The van der Waals surface area contributed by atoms with Gasteiger partial charge in [0.25, 0.3) is 0 Å². The van der Waals surface area contributed by atoms with Crippen LogP contribution in [0.1, 0.15) is 32.3 Å². The van der Waals surface area contributed by atoms with Gasteiger partial charge in [0.1, 0.15) is 5.82 Å². The van der Waals surface area contributed by atoms with Crippen molar-refractivity contribution in [3.8, 4) is 0 Å². The number of ether oxygens (including phenoxy) is 1. The molecule has 1 aromatic rings. The van der Waals surface area contributed by atoms with Gasteiger partial charge in [0.2, 0.25) is 0 Å². The quantitative estimate of drug-likeness (QED) is 0.816. The minimum absolute atomic E-state index is 0.109. The molecule has 0 aliphatic carbocycles. The number of methoxy groups -OCH3 is 1. The summed E-state index contributed by atoms with van der Waals surface area (Å²) in [5, 5.41) is 3.32. The molecule has 1 aliphatic heterocycles. The molecule has 0 saturated carbocycles. The Morgan fingerprint density at radius 1 is 1.38 bits per heavy atom. The SMILES string of the molecule is COCCNCc1cccc(F)c1N1CCCC(C)C1C. The van der Waals surface area contributed by atoms with Gasteiger partial charge in [-0.05, 0) is 37.3 Å². The molecule has 1 N–H and O–H groups in total. The molecule has 0 aromatic heterocycles. The fourth-order valence-corrected chi connectivity index (χ4v) is 3.07. The van der Waals surface area contributed by atoms with Crippen molar-refractivity contribution in [3.05, 3.63) is 29.6 Å². The second kappa shape index (κ2) is 7.76. The first-order valence-electron chi connectivity index (χ1n) is 7.88. The first kappa shape index (κ1) is 16.2. The van der Waals surface area contributed by atoms with E-state index < -0.39 is 0 Å². The van der Waals surface area contributed by atoms with Crippen LogP contribution in [0, 0.1) is 11.7 Å². The van der Waals surface area contributed by atoms with Gasteiger partial charge >= 0.3 is 0 Å². The van der Waals surface area contributed by atoms with Crippen LogP contribution >= 0.6 is 0 Å². The highest BCUT2D eigenvalue weighted by atomic mass is 19.1. The number of hydrogen-bond acceptors (Lipinski definition) is 3. The third-order valence-corrected chi connectivity index (χ3v) is 4.53. The average molecular weight is 294 g/mol. The van der Waals surface area contributed by atoms with Crippen molar-refractivity contribution < 1.29 is 9.13 Å². The monoisotopic (exact) mass is 294 g/mol. The van der Waals surface area contributed by atoms with Crippen LogP contribution in [0.2, 0.25) is 0 Å². The van der Waals surface area contributed by atoms with Crippen LogP contribution in [-0.4, -0.2) is 32.8 Å². The standard InChI is InChI=1S/C17H27FN2O/c1-13-6-5-10-20(14(13)2)17-15(7-4-8-16(17)18)12-19-9-11-21-3/h4,7-8,13-14,19H,5-6,9-12H2,1-3H3. The van der Waals surface area contributed by atoms with Crippen LogP contribution < -0.4 is 10.2 Å². The Labute approximate surface area is 127 Å². The first-order chi connectivity index (χ1) is 10.1. The van der Waals surface area contributed by atoms with Crippen LogP contribution in [0.5, 0.6) is 0 Å². The number of piperidine rings is 1. The predicted molar refractivity (Wildman–Crippen MR) is 85.2 cm³/mol. The van der Waals surface area contributed by atoms with E-state index in [0.29, 0.717) is 25.1 Å². The lowest BCUT2D eigenvalue weighted by Crippen LogP contribution is -2.43. The van der Waals surface area contributed by atoms with E-state index in [0.717, 1.165) is 30.8 Å². The van der Waals surface area contributed by atoms with E-state index in [4.69, 9.17) is 4.74 Å². The Kier molecular flexibility index (Phi) is 6.00. The zero-order chi connectivity index (χ0) is 15.2. The molecule has 1 aliphatic rings. The van der Waals surface area contributed by atoms with Gasteiger partial charge in [-0.25, -0.2) is 4.39 Å². The van der Waals surface area contributed by atoms with Gasteiger partial charge < -0.3 is 15.0 Å². The highest BCUT2D eigenvalue weighted by Gasteiger charge is 2.28. The Morgan fingerprint density at radius 2 is 2.19 bits per heavy atom. The summed E-state index contributed by atoms with van der Waals surface area (Å²) in [5.41, 5.74) is 1.81. The molecule has 1 saturated heterocycles. The molecule has 1 aromatic carbocycles. The number of anilines is 1. The normalized spacial score (nSPS) is 22.6. The second-order valence-corrected chi connectivity index (χ2v) is 5.97. The molecule has 2 unspecified atom stereocenters. The molecule has 2 rings (SSSR count). The van der Waals surface area contributed by atoms with E-state index in [1.165, 1.54) is 6.42 Å². The van der Waals surface area contributed by atoms with Crippen molar-refractivity contribution in [2.24, 2.45) is 5.92 Å². The van der Waals surface area contributed by atoms with Gasteiger partial charge in [-0.2, -0.15) is 0 Å². The van der Waals surface area contributed by atoms with Gasteiger partial charge in [-0.3, -0.25) is 0 Å². The summed E-state index contributed by atoms with van der Waals surface area (Å²) >= 11 is 0. The van der Waals surface area contributed by atoms with Crippen LogP contribution in [0.25, 0.3) is 0 Å². The maximum Gasteiger partial charge on any atom is 0.146 e. The Morgan fingerprint density at radius 3 is 2.95 bits per heavy atom. The molecular weight excluding hydrogens is 267 g/mol. The second-order valence-electron chi connectivity index (χ2n) is 5.97. The number of hydrogen-bond donors (Lipinski definition) is 1. The first-order valence-corrected chi connectivity index (χ1v) is 7.88. The number of nitrogens with one attached hydrogen (secondary N) is 1. The lowest BCUT2D eigenvalue weighted by atomic mass is 9.91. The van der Waals surface area contributed by atoms with E-state index in [1.807, 2.05) is 6.07 Å². The molecule has 0 amide bonds. The van der Waals surface area contributed by atoms with Crippen molar-refractivity contribution in [2.45, 2.75) is 39.3 Å². The van der Waals surface area contributed by atoms with Crippen LogP contribution in [0.4, 0.5) is 10.1 Å². The van der Waals surface area contributed by atoms with Crippen LogP contribution in [-0.2, 0) is 11.3 Å². The van der Waals surface area contributed by atoms with Crippen LogP contribution in [0.15, 0.2) is 18.2 Å². The maximum atomic E-state index is 14.4. The lowest BCUT2D eigenvalue weighted by molar-refractivity contribution is 0.199. The van der Waals surface area contributed by atoms with Gasteiger partial charge in [-0.15, -0.1) is 0 Å². The summed E-state index contributed by atoms with van der Waals surface area (Å²) in [6.45, 7) is 7.53. The van der Waals surface area contributed by atoms with Crippen LogP contribution in [0.3, 0.4) is 0 Å². The summed E-state index contributed by atoms with van der Waals surface area (Å²) in [4.78, 5) is 2.25. The van der Waals surface area contributed by atoms with Crippen molar-refractivity contribution >= 4 is 5.69 Å². The van der Waals surface area contributed by atoms with E-state index >= 15 is 0 Å². The molecule has 2 atom stereocenters. The highest BCUT2D eigenvalue weighted by Crippen LogP contribution is 2.32. The third-order valence-electron chi connectivity index (χ3n) is 4.53. The molecule has 0 spiro atoms. The molecule has 3 nitrogen and oxygen atoms in total. The van der Waals surface area contributed by atoms with E-state index in [2.05, 4.69) is 24.1 Å². The largest absolute Gasteiger partial charge is 0.383 e.